The minimum absolute atomic E-state index is 0.0382. The number of amides is 2. The Morgan fingerprint density at radius 1 is 1.39 bits per heavy atom. The number of carboxylic acids is 1. The number of carbonyl (C=O) groups excluding carboxylic acids is 2. The van der Waals surface area contributed by atoms with Crippen LogP contribution in [0.25, 0.3) is 0 Å². The molecule has 2 amide bonds. The van der Waals surface area contributed by atoms with Gasteiger partial charge in [0.2, 0.25) is 11.8 Å². The normalized spacial score (nSPS) is 16.1. The van der Waals surface area contributed by atoms with Crippen molar-refractivity contribution in [1.82, 2.24) is 10.6 Å². The maximum absolute atomic E-state index is 13.6. The Hall–Kier alpha value is -2.62. The fourth-order valence-corrected chi connectivity index (χ4v) is 2.25. The molecule has 1 aliphatic rings. The van der Waals surface area contributed by atoms with Crippen molar-refractivity contribution in [2.45, 2.75) is 18.8 Å². The number of nitrogens with one attached hydrogen (secondary N) is 2. The van der Waals surface area contributed by atoms with Crippen molar-refractivity contribution in [2.75, 3.05) is 7.05 Å². The van der Waals surface area contributed by atoms with E-state index >= 15 is 0 Å². The lowest BCUT2D eigenvalue weighted by Gasteiger charge is -2.29. The van der Waals surface area contributed by atoms with Crippen molar-refractivity contribution in [3.05, 3.63) is 29.1 Å². The first-order valence-electron chi connectivity index (χ1n) is 6.72. The molecule has 122 valence electrons. The molecule has 0 fully saturated rings. The quantitative estimate of drug-likeness (QED) is 0.420. The van der Waals surface area contributed by atoms with Gasteiger partial charge in [-0.2, -0.15) is 0 Å². The summed E-state index contributed by atoms with van der Waals surface area (Å²) in [6.45, 7) is 0. The van der Waals surface area contributed by atoms with Crippen LogP contribution < -0.4 is 15.3 Å². The molecule has 8 nitrogen and oxygen atoms in total. The summed E-state index contributed by atoms with van der Waals surface area (Å²) < 4.78 is 18.7. The number of hydrogen-bond donors (Lipinski definition) is 4. The summed E-state index contributed by atoms with van der Waals surface area (Å²) in [5.41, 5.74) is -0.337. The minimum Gasteiger partial charge on any atom is -0.534 e. The van der Waals surface area contributed by atoms with Gasteiger partial charge in [-0.3, -0.25) is 9.59 Å². The van der Waals surface area contributed by atoms with Gasteiger partial charge in [0.15, 0.2) is 0 Å². The van der Waals surface area contributed by atoms with Gasteiger partial charge in [-0.05, 0) is 18.1 Å². The van der Waals surface area contributed by atoms with Gasteiger partial charge in [-0.1, -0.05) is 6.07 Å². The first-order valence-corrected chi connectivity index (χ1v) is 6.72. The standard InChI is InChI=1S/C13H14BFN2O6/c1-16-9(18)5-10(19)17-8-4-6-2-3-7(15)11(13(20)21)12(6)23-14(8)22/h2-3,8,22H,4-5H2,1H3,(H,16,18)(H,17,19)(H,20,21)/t8-/m0/s1. The Kier molecular flexibility index (Phi) is 4.84. The number of aromatic carboxylic acids is 1. The van der Waals surface area contributed by atoms with E-state index in [2.05, 4.69) is 10.6 Å². The molecule has 0 spiro atoms. The predicted molar refractivity (Wildman–Crippen MR) is 76.3 cm³/mol. The Labute approximate surface area is 130 Å². The first kappa shape index (κ1) is 16.8. The highest BCUT2D eigenvalue weighted by atomic mass is 19.1. The third kappa shape index (κ3) is 3.59. The molecule has 0 aliphatic carbocycles. The Morgan fingerprint density at radius 2 is 2.09 bits per heavy atom. The molecule has 1 aromatic rings. The second-order valence-electron chi connectivity index (χ2n) is 4.95. The molecule has 23 heavy (non-hydrogen) atoms. The van der Waals surface area contributed by atoms with Gasteiger partial charge in [0.1, 0.15) is 23.6 Å². The van der Waals surface area contributed by atoms with E-state index in [1.165, 1.54) is 13.1 Å². The number of hydrogen-bond acceptors (Lipinski definition) is 5. The summed E-state index contributed by atoms with van der Waals surface area (Å²) in [6, 6.07) is 2.30. The lowest BCUT2D eigenvalue weighted by molar-refractivity contribution is -0.129. The van der Waals surface area contributed by atoms with Gasteiger partial charge in [-0.15, -0.1) is 0 Å². The summed E-state index contributed by atoms with van der Waals surface area (Å²) >= 11 is 0. The van der Waals surface area contributed by atoms with E-state index in [0.29, 0.717) is 5.56 Å². The number of fused-ring (bicyclic) bond motifs is 1. The first-order chi connectivity index (χ1) is 10.8. The van der Waals surface area contributed by atoms with Crippen molar-refractivity contribution in [3.63, 3.8) is 0 Å². The Bertz CT molecular complexity index is 668. The summed E-state index contributed by atoms with van der Waals surface area (Å²) in [6.07, 6.45) is -0.382. The van der Waals surface area contributed by atoms with Crippen LogP contribution in [0.5, 0.6) is 5.75 Å². The van der Waals surface area contributed by atoms with Crippen LogP contribution in [0, 0.1) is 5.82 Å². The van der Waals surface area contributed by atoms with E-state index in [0.717, 1.165) is 6.07 Å². The SMILES string of the molecule is CNC(=O)CC(=O)N[C@H]1Cc2ccc(F)c(C(=O)O)c2OB1O. The third-order valence-electron chi connectivity index (χ3n) is 3.37. The van der Waals surface area contributed by atoms with E-state index in [-0.39, 0.29) is 12.2 Å². The summed E-state index contributed by atoms with van der Waals surface area (Å²) in [4.78, 5) is 33.9. The molecule has 0 aromatic heterocycles. The molecule has 10 heteroatoms. The van der Waals surface area contributed by atoms with Gasteiger partial charge >= 0.3 is 13.1 Å². The number of carboxylic acid groups (broad SMARTS) is 1. The second-order valence-corrected chi connectivity index (χ2v) is 4.95. The Morgan fingerprint density at radius 3 is 2.70 bits per heavy atom. The van der Waals surface area contributed by atoms with Crippen molar-refractivity contribution >= 4 is 24.9 Å². The van der Waals surface area contributed by atoms with Crippen molar-refractivity contribution < 1.29 is 33.6 Å². The summed E-state index contributed by atoms with van der Waals surface area (Å²) in [5, 5.41) is 23.6. The van der Waals surface area contributed by atoms with E-state index in [1.54, 1.807) is 0 Å². The van der Waals surface area contributed by atoms with E-state index in [9.17, 15) is 23.8 Å². The number of carbonyl (C=O) groups is 3. The van der Waals surface area contributed by atoms with Crippen LogP contribution in [-0.4, -0.2) is 48.0 Å². The molecule has 0 saturated carbocycles. The van der Waals surface area contributed by atoms with Gasteiger partial charge in [0, 0.05) is 7.05 Å². The molecule has 1 aromatic carbocycles. The van der Waals surface area contributed by atoms with E-state index in [4.69, 9.17) is 9.76 Å². The smallest absolute Gasteiger partial charge is 0.534 e. The van der Waals surface area contributed by atoms with Crippen LogP contribution in [-0.2, 0) is 16.0 Å². The second kappa shape index (κ2) is 6.65. The molecule has 0 saturated heterocycles. The lowest BCUT2D eigenvalue weighted by Crippen LogP contribution is -2.53. The molecule has 0 radical (unpaired) electrons. The fraction of sp³-hybridized carbons (Fsp3) is 0.308. The van der Waals surface area contributed by atoms with Crippen LogP contribution in [0.4, 0.5) is 4.39 Å². The van der Waals surface area contributed by atoms with Gasteiger partial charge < -0.3 is 25.4 Å². The lowest BCUT2D eigenvalue weighted by atomic mass is 9.72. The third-order valence-corrected chi connectivity index (χ3v) is 3.37. The highest BCUT2D eigenvalue weighted by Crippen LogP contribution is 2.31. The number of rotatable bonds is 4. The molecule has 4 N–H and O–H groups in total. The average Bonchev–Trinajstić information content (AvgIpc) is 2.47. The molecule has 1 aliphatic heterocycles. The highest BCUT2D eigenvalue weighted by molar-refractivity contribution is 6.47. The van der Waals surface area contributed by atoms with Gasteiger partial charge in [0.05, 0.1) is 5.94 Å². The fourth-order valence-electron chi connectivity index (χ4n) is 2.25. The molecule has 0 unspecified atom stereocenters. The minimum atomic E-state index is -1.56. The molecule has 1 heterocycles. The van der Waals surface area contributed by atoms with Gasteiger partial charge in [0.25, 0.3) is 0 Å². The van der Waals surface area contributed by atoms with Crippen molar-refractivity contribution in [1.29, 1.82) is 0 Å². The average molecular weight is 324 g/mol. The number of benzene rings is 1. The maximum Gasteiger partial charge on any atom is 0.547 e. The maximum atomic E-state index is 13.6. The Balaban J connectivity index is 2.18. The van der Waals surface area contributed by atoms with Crippen LogP contribution in [0.2, 0.25) is 0 Å². The summed E-state index contributed by atoms with van der Waals surface area (Å²) in [7, 11) is -0.178. The predicted octanol–water partition coefficient (Wildman–Crippen LogP) is -0.901. The van der Waals surface area contributed by atoms with Crippen molar-refractivity contribution in [3.8, 4) is 5.75 Å². The highest BCUT2D eigenvalue weighted by Gasteiger charge is 2.38. The molecular weight excluding hydrogens is 310 g/mol. The van der Waals surface area contributed by atoms with Crippen LogP contribution in [0.3, 0.4) is 0 Å². The van der Waals surface area contributed by atoms with Crippen molar-refractivity contribution in [2.24, 2.45) is 0 Å². The molecule has 1 atom stereocenters. The zero-order valence-corrected chi connectivity index (χ0v) is 12.1. The number of halogens is 1. The zero-order chi connectivity index (χ0) is 17.1. The zero-order valence-electron chi connectivity index (χ0n) is 12.1. The van der Waals surface area contributed by atoms with Crippen LogP contribution in [0.1, 0.15) is 22.3 Å². The monoisotopic (exact) mass is 324 g/mol. The van der Waals surface area contributed by atoms with Crippen LogP contribution in [0.15, 0.2) is 12.1 Å². The topological polar surface area (TPSA) is 125 Å². The molecular formula is C13H14BFN2O6. The van der Waals surface area contributed by atoms with Gasteiger partial charge in [-0.25, -0.2) is 9.18 Å². The molecule has 0 bridgehead atoms. The van der Waals surface area contributed by atoms with Crippen LogP contribution >= 0.6 is 0 Å². The van der Waals surface area contributed by atoms with E-state index < -0.39 is 48.6 Å². The largest absolute Gasteiger partial charge is 0.547 e. The summed E-state index contributed by atoms with van der Waals surface area (Å²) in [5.74, 6) is -4.77. The van der Waals surface area contributed by atoms with E-state index in [1.807, 2.05) is 0 Å². The molecule has 2 rings (SSSR count).